The molecule has 6 nitrogen and oxygen atoms in total. The lowest BCUT2D eigenvalue weighted by molar-refractivity contribution is -0.232. The summed E-state index contributed by atoms with van der Waals surface area (Å²) >= 11 is 0. The molecule has 20 heavy (non-hydrogen) atoms. The van der Waals surface area contributed by atoms with E-state index in [9.17, 15) is 0 Å². The monoisotopic (exact) mass is 286 g/mol. The SMILES string of the molecule is C=COC1C(C2COC(C)(C)O2)OC2OC(C)(C)OC21. The number of ether oxygens (including phenoxy) is 6. The molecule has 3 fully saturated rings. The highest BCUT2D eigenvalue weighted by molar-refractivity contribution is 4.99. The van der Waals surface area contributed by atoms with Crippen LogP contribution in [0.25, 0.3) is 0 Å². The van der Waals surface area contributed by atoms with Crippen LogP contribution in [0.5, 0.6) is 0 Å². The molecule has 0 saturated carbocycles. The molecule has 0 radical (unpaired) electrons. The molecule has 3 rings (SSSR count). The van der Waals surface area contributed by atoms with Crippen LogP contribution in [0.1, 0.15) is 27.7 Å². The fourth-order valence-corrected chi connectivity index (χ4v) is 2.95. The Morgan fingerprint density at radius 2 is 1.80 bits per heavy atom. The van der Waals surface area contributed by atoms with Crippen LogP contribution in [0, 0.1) is 0 Å². The zero-order valence-electron chi connectivity index (χ0n) is 12.3. The number of hydrogen-bond acceptors (Lipinski definition) is 6. The van der Waals surface area contributed by atoms with Crippen LogP contribution in [0.3, 0.4) is 0 Å². The topological polar surface area (TPSA) is 55.4 Å². The van der Waals surface area contributed by atoms with Crippen molar-refractivity contribution >= 4 is 0 Å². The van der Waals surface area contributed by atoms with Crippen molar-refractivity contribution < 1.29 is 28.4 Å². The van der Waals surface area contributed by atoms with Gasteiger partial charge in [0.2, 0.25) is 0 Å². The molecule has 5 atom stereocenters. The second kappa shape index (κ2) is 4.68. The van der Waals surface area contributed by atoms with Crippen molar-refractivity contribution in [1.82, 2.24) is 0 Å². The second-order valence-corrected chi connectivity index (χ2v) is 6.20. The van der Waals surface area contributed by atoms with Gasteiger partial charge in [-0.05, 0) is 27.7 Å². The quantitative estimate of drug-likeness (QED) is 0.734. The predicted molar refractivity (Wildman–Crippen MR) is 68.7 cm³/mol. The van der Waals surface area contributed by atoms with Crippen molar-refractivity contribution in [3.63, 3.8) is 0 Å². The molecule has 114 valence electrons. The predicted octanol–water partition coefficient (Wildman–Crippen LogP) is 1.54. The van der Waals surface area contributed by atoms with Gasteiger partial charge < -0.3 is 28.4 Å². The van der Waals surface area contributed by atoms with Gasteiger partial charge in [0.1, 0.15) is 12.2 Å². The van der Waals surface area contributed by atoms with Crippen molar-refractivity contribution in [2.45, 2.75) is 70.0 Å². The Labute approximate surface area is 118 Å². The van der Waals surface area contributed by atoms with Gasteiger partial charge in [-0.15, -0.1) is 0 Å². The van der Waals surface area contributed by atoms with Gasteiger partial charge in [0.25, 0.3) is 0 Å². The standard InChI is InChI=1S/C14H22O6/c1-6-15-10-9(8-7-16-13(2,3)18-8)17-12-11(10)19-14(4,5)20-12/h6,8-12H,1,7H2,2-5H3. The Balaban J connectivity index is 1.75. The highest BCUT2D eigenvalue weighted by Crippen LogP contribution is 2.41. The molecule has 3 saturated heterocycles. The zero-order valence-corrected chi connectivity index (χ0v) is 12.3. The average Bonchev–Trinajstić information content (AvgIpc) is 2.91. The normalized spacial score (nSPS) is 45.3. The molecular formula is C14H22O6. The first-order valence-electron chi connectivity index (χ1n) is 6.90. The van der Waals surface area contributed by atoms with E-state index in [-0.39, 0.29) is 24.4 Å². The van der Waals surface area contributed by atoms with E-state index in [1.54, 1.807) is 0 Å². The largest absolute Gasteiger partial charge is 0.493 e. The lowest BCUT2D eigenvalue weighted by atomic mass is 10.1. The van der Waals surface area contributed by atoms with Crippen molar-refractivity contribution in [1.29, 1.82) is 0 Å². The summed E-state index contributed by atoms with van der Waals surface area (Å²) in [6, 6.07) is 0. The fraction of sp³-hybridized carbons (Fsp3) is 0.857. The molecule has 6 heteroatoms. The number of hydrogen-bond donors (Lipinski definition) is 0. The molecule has 0 aromatic rings. The molecule has 0 bridgehead atoms. The van der Waals surface area contributed by atoms with Crippen LogP contribution in [-0.2, 0) is 28.4 Å². The third kappa shape index (κ3) is 2.46. The van der Waals surface area contributed by atoms with E-state index >= 15 is 0 Å². The van der Waals surface area contributed by atoms with Crippen LogP contribution in [-0.4, -0.2) is 48.9 Å². The van der Waals surface area contributed by atoms with Gasteiger partial charge in [-0.25, -0.2) is 0 Å². The van der Waals surface area contributed by atoms with Gasteiger partial charge in [-0.1, -0.05) is 6.58 Å². The average molecular weight is 286 g/mol. The smallest absolute Gasteiger partial charge is 0.191 e. The number of rotatable bonds is 3. The lowest BCUT2D eigenvalue weighted by Crippen LogP contribution is -2.43. The van der Waals surface area contributed by atoms with Crippen LogP contribution in [0.4, 0.5) is 0 Å². The third-order valence-electron chi connectivity index (χ3n) is 3.68. The summed E-state index contributed by atoms with van der Waals surface area (Å²) in [6.45, 7) is 11.5. The van der Waals surface area contributed by atoms with E-state index < -0.39 is 17.9 Å². The first-order chi connectivity index (χ1) is 9.31. The summed E-state index contributed by atoms with van der Waals surface area (Å²) in [5.41, 5.74) is 0. The highest BCUT2D eigenvalue weighted by Gasteiger charge is 2.59. The first kappa shape index (κ1) is 14.3. The summed E-state index contributed by atoms with van der Waals surface area (Å²) < 4.78 is 34.6. The van der Waals surface area contributed by atoms with Gasteiger partial charge in [-0.2, -0.15) is 0 Å². The maximum absolute atomic E-state index is 5.94. The zero-order chi connectivity index (χ0) is 14.5. The molecule has 0 aromatic carbocycles. The third-order valence-corrected chi connectivity index (χ3v) is 3.68. The molecule has 0 aliphatic carbocycles. The van der Waals surface area contributed by atoms with Gasteiger partial charge in [0.05, 0.1) is 12.9 Å². The van der Waals surface area contributed by atoms with E-state index in [1.165, 1.54) is 6.26 Å². The van der Waals surface area contributed by atoms with Crippen LogP contribution in [0.2, 0.25) is 0 Å². The summed E-state index contributed by atoms with van der Waals surface area (Å²) in [4.78, 5) is 0. The number of fused-ring (bicyclic) bond motifs is 1. The van der Waals surface area contributed by atoms with Crippen molar-refractivity contribution in [3.05, 3.63) is 12.8 Å². The highest BCUT2D eigenvalue weighted by atomic mass is 16.8. The molecule has 3 aliphatic heterocycles. The molecule has 0 N–H and O–H groups in total. The maximum Gasteiger partial charge on any atom is 0.191 e. The summed E-state index contributed by atoms with van der Waals surface area (Å²) in [5.74, 6) is -1.28. The van der Waals surface area contributed by atoms with E-state index in [0.717, 1.165) is 0 Å². The molecule has 0 spiro atoms. The first-order valence-corrected chi connectivity index (χ1v) is 6.90. The van der Waals surface area contributed by atoms with Gasteiger partial charge >= 0.3 is 0 Å². The Kier molecular flexibility index (Phi) is 3.34. The second-order valence-electron chi connectivity index (χ2n) is 6.20. The molecule has 3 aliphatic rings. The lowest BCUT2D eigenvalue weighted by Gasteiger charge is -2.28. The van der Waals surface area contributed by atoms with Crippen molar-refractivity contribution in [2.24, 2.45) is 0 Å². The Bertz CT molecular complexity index is 393. The molecule has 0 aromatic heterocycles. The van der Waals surface area contributed by atoms with E-state index in [2.05, 4.69) is 6.58 Å². The van der Waals surface area contributed by atoms with Crippen LogP contribution >= 0.6 is 0 Å². The molecule has 5 unspecified atom stereocenters. The van der Waals surface area contributed by atoms with E-state index in [0.29, 0.717) is 6.61 Å². The van der Waals surface area contributed by atoms with Crippen molar-refractivity contribution in [2.75, 3.05) is 6.61 Å². The van der Waals surface area contributed by atoms with Gasteiger partial charge in [0, 0.05) is 0 Å². The summed E-state index contributed by atoms with van der Waals surface area (Å²) in [7, 11) is 0. The minimum absolute atomic E-state index is 0.212. The Hall–Kier alpha value is -0.660. The van der Waals surface area contributed by atoms with E-state index in [4.69, 9.17) is 28.4 Å². The molecule has 0 amide bonds. The summed E-state index contributed by atoms with van der Waals surface area (Å²) in [6.07, 6.45) is -0.176. The molecular weight excluding hydrogens is 264 g/mol. The van der Waals surface area contributed by atoms with Gasteiger partial charge in [-0.3, -0.25) is 0 Å². The maximum atomic E-state index is 5.94. The fourth-order valence-electron chi connectivity index (χ4n) is 2.95. The van der Waals surface area contributed by atoms with E-state index in [1.807, 2.05) is 27.7 Å². The van der Waals surface area contributed by atoms with Crippen LogP contribution in [0.15, 0.2) is 12.8 Å². The van der Waals surface area contributed by atoms with Crippen molar-refractivity contribution in [3.8, 4) is 0 Å². The Morgan fingerprint density at radius 1 is 1.05 bits per heavy atom. The Morgan fingerprint density at radius 3 is 2.40 bits per heavy atom. The minimum atomic E-state index is -0.671. The molecule has 3 heterocycles. The van der Waals surface area contributed by atoms with Gasteiger partial charge in [0.15, 0.2) is 30.1 Å². The summed E-state index contributed by atoms with van der Waals surface area (Å²) in [5, 5.41) is 0. The minimum Gasteiger partial charge on any atom is -0.493 e. The van der Waals surface area contributed by atoms with Crippen LogP contribution < -0.4 is 0 Å².